The van der Waals surface area contributed by atoms with Crippen LogP contribution in [0.3, 0.4) is 0 Å². The van der Waals surface area contributed by atoms with Crippen LogP contribution in [-0.4, -0.2) is 0 Å². The Morgan fingerprint density at radius 3 is 1.57 bits per heavy atom. The van der Waals surface area contributed by atoms with Gasteiger partial charge in [-0.25, -0.2) is 0 Å². The van der Waals surface area contributed by atoms with E-state index in [4.69, 9.17) is 0 Å². The molecule has 0 saturated carbocycles. The molecule has 1 aromatic carbocycles. The predicted molar refractivity (Wildman–Crippen MR) is 77.8 cm³/mol. The topological polar surface area (TPSA) is 0 Å². The highest BCUT2D eigenvalue weighted by Gasteiger charge is 2.02. The molecule has 1 aromatic rings. The summed E-state index contributed by atoms with van der Waals surface area (Å²) in [6, 6.07) is 4.12. The van der Waals surface area contributed by atoms with Crippen molar-refractivity contribution in [3.8, 4) is 0 Å². The molecule has 0 nitrogen and oxygen atoms in total. The zero-order valence-corrected chi connectivity index (χ0v) is 13.3. The van der Waals surface area contributed by atoms with E-state index in [1.807, 2.05) is 28.2 Å². The average molecular weight is 446 g/mol. The Bertz CT molecular complexity index is 347. The fraction of sp³-hybridized carbons (Fsp3) is 0. The Hall–Kier alpha value is 0.620. The lowest BCUT2D eigenvalue weighted by molar-refractivity contribution is 1.53. The molecule has 0 aliphatic carbocycles. The van der Waals surface area contributed by atoms with Gasteiger partial charge in [-0.05, 0) is 45.4 Å². The minimum Gasteiger partial charge on any atom is -0.0595 e. The van der Waals surface area contributed by atoms with E-state index in [0.29, 0.717) is 0 Å². The summed E-state index contributed by atoms with van der Waals surface area (Å²) in [5.74, 6) is 0. The summed E-state index contributed by atoms with van der Waals surface area (Å²) in [6.45, 7) is 0. The molecular weight excluding hydrogens is 440 g/mol. The second kappa shape index (κ2) is 6.26. The standard InChI is InChI=1S/C10H6Br4/c11-3-1-7-5-8(2-4-12)10(14)6-9(7)13/h1-6H/b3-1-,4-2-. The van der Waals surface area contributed by atoms with Crippen LogP contribution in [-0.2, 0) is 0 Å². The van der Waals surface area contributed by atoms with Gasteiger partial charge in [-0.3, -0.25) is 0 Å². The zero-order valence-electron chi connectivity index (χ0n) is 6.98. The maximum Gasteiger partial charge on any atom is 0.0259 e. The predicted octanol–water partition coefficient (Wildman–Crippen LogP) is 5.94. The van der Waals surface area contributed by atoms with Crippen molar-refractivity contribution in [3.05, 3.63) is 42.2 Å². The summed E-state index contributed by atoms with van der Waals surface area (Å²) in [7, 11) is 0. The number of hydrogen-bond acceptors (Lipinski definition) is 0. The third-order valence-electron chi connectivity index (χ3n) is 1.60. The van der Waals surface area contributed by atoms with Crippen molar-refractivity contribution in [3.63, 3.8) is 0 Å². The van der Waals surface area contributed by atoms with Crippen LogP contribution in [0.4, 0.5) is 0 Å². The summed E-state index contributed by atoms with van der Waals surface area (Å²) in [6.07, 6.45) is 3.98. The van der Waals surface area contributed by atoms with Crippen LogP contribution < -0.4 is 0 Å². The van der Waals surface area contributed by atoms with Gasteiger partial charge in [0.1, 0.15) is 0 Å². The van der Waals surface area contributed by atoms with E-state index in [0.717, 1.165) is 20.1 Å². The van der Waals surface area contributed by atoms with Crippen LogP contribution in [0.15, 0.2) is 31.0 Å². The van der Waals surface area contributed by atoms with Crippen molar-refractivity contribution in [1.82, 2.24) is 0 Å². The molecule has 0 saturated heterocycles. The van der Waals surface area contributed by atoms with Crippen LogP contribution in [0.25, 0.3) is 12.2 Å². The molecule has 0 N–H and O–H groups in total. The lowest BCUT2D eigenvalue weighted by Crippen LogP contribution is -1.81. The fourth-order valence-corrected chi connectivity index (χ4v) is 2.80. The lowest BCUT2D eigenvalue weighted by atomic mass is 10.1. The molecule has 0 spiro atoms. The van der Waals surface area contributed by atoms with Crippen LogP contribution in [0, 0.1) is 0 Å². The molecule has 4 heteroatoms. The van der Waals surface area contributed by atoms with Crippen molar-refractivity contribution < 1.29 is 0 Å². The van der Waals surface area contributed by atoms with E-state index >= 15 is 0 Å². The Morgan fingerprint density at radius 1 is 0.786 bits per heavy atom. The quantitative estimate of drug-likeness (QED) is 0.528. The minimum atomic E-state index is 1.06. The Morgan fingerprint density at radius 2 is 1.21 bits per heavy atom. The molecule has 0 unspecified atom stereocenters. The molecule has 74 valence electrons. The van der Waals surface area contributed by atoms with Gasteiger partial charge < -0.3 is 0 Å². The molecule has 0 aromatic heterocycles. The molecule has 0 aliphatic heterocycles. The molecule has 0 heterocycles. The summed E-state index contributed by atoms with van der Waals surface area (Å²) in [5.41, 5.74) is 2.26. The van der Waals surface area contributed by atoms with Crippen molar-refractivity contribution in [2.75, 3.05) is 0 Å². The number of benzene rings is 1. The molecule has 14 heavy (non-hydrogen) atoms. The van der Waals surface area contributed by atoms with E-state index in [1.54, 1.807) is 0 Å². The summed E-state index contributed by atoms with van der Waals surface area (Å²) in [5, 5.41) is 0. The molecule has 0 aliphatic rings. The van der Waals surface area contributed by atoms with Crippen LogP contribution in [0.2, 0.25) is 0 Å². The first-order chi connectivity index (χ1) is 6.69. The molecular formula is C10H6Br4. The molecule has 0 radical (unpaired) electrons. The Balaban J connectivity index is 3.26. The molecule has 0 fully saturated rings. The van der Waals surface area contributed by atoms with Gasteiger partial charge >= 0.3 is 0 Å². The van der Waals surface area contributed by atoms with E-state index in [1.165, 1.54) is 0 Å². The largest absolute Gasteiger partial charge is 0.0595 e. The highest BCUT2D eigenvalue weighted by atomic mass is 79.9. The second-order valence-electron chi connectivity index (χ2n) is 2.48. The van der Waals surface area contributed by atoms with Gasteiger partial charge in [0.05, 0.1) is 0 Å². The molecule has 1 rings (SSSR count). The Labute approximate surface area is 117 Å². The highest BCUT2D eigenvalue weighted by molar-refractivity contribution is 9.11. The lowest BCUT2D eigenvalue weighted by Gasteiger charge is -2.03. The van der Waals surface area contributed by atoms with E-state index in [9.17, 15) is 0 Å². The minimum absolute atomic E-state index is 1.06. The number of rotatable bonds is 2. The first-order valence-corrected chi connectivity index (χ1v) is 7.13. The zero-order chi connectivity index (χ0) is 10.6. The van der Waals surface area contributed by atoms with Gasteiger partial charge in [0.2, 0.25) is 0 Å². The molecule has 0 amide bonds. The van der Waals surface area contributed by atoms with Gasteiger partial charge in [0.15, 0.2) is 0 Å². The fourth-order valence-electron chi connectivity index (χ4n) is 0.975. The normalized spacial score (nSPS) is 11.7. The summed E-state index contributed by atoms with van der Waals surface area (Å²) >= 11 is 13.5. The average Bonchev–Trinajstić information content (AvgIpc) is 2.14. The van der Waals surface area contributed by atoms with Crippen molar-refractivity contribution >= 4 is 75.9 Å². The van der Waals surface area contributed by atoms with Gasteiger partial charge in [0, 0.05) is 8.95 Å². The monoisotopic (exact) mass is 442 g/mol. The van der Waals surface area contributed by atoms with Crippen molar-refractivity contribution in [2.24, 2.45) is 0 Å². The maximum absolute atomic E-state index is 3.50. The number of hydrogen-bond donors (Lipinski definition) is 0. The first-order valence-electron chi connectivity index (χ1n) is 3.71. The van der Waals surface area contributed by atoms with Crippen molar-refractivity contribution in [2.45, 2.75) is 0 Å². The van der Waals surface area contributed by atoms with Crippen LogP contribution in [0.1, 0.15) is 11.1 Å². The SMILES string of the molecule is Br/C=C\c1cc(/C=C\Br)c(Br)cc1Br. The Kier molecular flexibility index (Phi) is 5.67. The third-order valence-corrected chi connectivity index (χ3v) is 3.50. The van der Waals surface area contributed by atoms with Gasteiger partial charge in [0.25, 0.3) is 0 Å². The number of halogens is 4. The van der Waals surface area contributed by atoms with Gasteiger partial charge in [-0.1, -0.05) is 63.7 Å². The smallest absolute Gasteiger partial charge is 0.0259 e. The van der Waals surface area contributed by atoms with Crippen LogP contribution in [0.5, 0.6) is 0 Å². The van der Waals surface area contributed by atoms with Gasteiger partial charge in [-0.2, -0.15) is 0 Å². The van der Waals surface area contributed by atoms with Gasteiger partial charge in [-0.15, -0.1) is 0 Å². The van der Waals surface area contributed by atoms with Crippen LogP contribution >= 0.6 is 63.7 Å². The maximum atomic E-state index is 3.50. The second-order valence-corrected chi connectivity index (χ2v) is 5.25. The summed E-state index contributed by atoms with van der Waals surface area (Å²) in [4.78, 5) is 3.67. The molecule has 0 atom stereocenters. The van der Waals surface area contributed by atoms with Crippen molar-refractivity contribution in [1.29, 1.82) is 0 Å². The first kappa shape index (κ1) is 12.7. The van der Waals surface area contributed by atoms with E-state index in [2.05, 4.69) is 69.8 Å². The van der Waals surface area contributed by atoms with E-state index < -0.39 is 0 Å². The van der Waals surface area contributed by atoms with E-state index in [-0.39, 0.29) is 0 Å². The molecule has 0 bridgehead atoms. The third kappa shape index (κ3) is 3.33. The summed E-state index contributed by atoms with van der Waals surface area (Å²) < 4.78 is 2.12. The highest BCUT2D eigenvalue weighted by Crippen LogP contribution is 2.28.